The van der Waals surface area contributed by atoms with Crippen LogP contribution in [0.5, 0.6) is 5.75 Å². The lowest BCUT2D eigenvalue weighted by atomic mass is 10.2. The molecule has 2 saturated heterocycles. The Bertz CT molecular complexity index is 838. The van der Waals surface area contributed by atoms with Crippen molar-refractivity contribution in [1.29, 1.82) is 0 Å². The third-order valence-electron chi connectivity index (χ3n) is 5.40. The zero-order chi connectivity index (χ0) is 20.9. The van der Waals surface area contributed by atoms with Crippen molar-refractivity contribution in [2.45, 2.75) is 12.5 Å². The number of benzene rings is 1. The van der Waals surface area contributed by atoms with E-state index in [0.717, 1.165) is 51.5 Å². The van der Waals surface area contributed by atoms with Gasteiger partial charge >= 0.3 is 0 Å². The maximum Gasteiger partial charge on any atom is 0.223 e. The predicted octanol–water partition coefficient (Wildman–Crippen LogP) is 1.70. The number of nitrogens with zero attached hydrogens (tertiary/aromatic N) is 4. The molecule has 2 fully saturated rings. The summed E-state index contributed by atoms with van der Waals surface area (Å²) < 4.78 is 11.3. The van der Waals surface area contributed by atoms with E-state index in [0.29, 0.717) is 24.7 Å². The monoisotopic (exact) mass is 433 g/mol. The molecule has 1 aromatic heterocycles. The molecule has 2 aromatic rings. The SMILES string of the molecule is Nc1nc(Cl)c(N)c(NCCN2CCN(c3ccc(O[C@@H]4CCOC4)cc3)CC2)n1. The number of anilines is 4. The van der Waals surface area contributed by atoms with Gasteiger partial charge in [0.1, 0.15) is 17.5 Å². The summed E-state index contributed by atoms with van der Waals surface area (Å²) in [7, 11) is 0. The summed E-state index contributed by atoms with van der Waals surface area (Å²) in [6.45, 7) is 6.98. The first-order valence-corrected chi connectivity index (χ1v) is 10.6. The second-order valence-corrected chi connectivity index (χ2v) is 7.85. The highest BCUT2D eigenvalue weighted by molar-refractivity contribution is 6.32. The second kappa shape index (κ2) is 9.55. The van der Waals surface area contributed by atoms with Crippen LogP contribution in [0.25, 0.3) is 0 Å². The van der Waals surface area contributed by atoms with E-state index in [1.54, 1.807) is 0 Å². The highest BCUT2D eigenvalue weighted by atomic mass is 35.5. The van der Waals surface area contributed by atoms with Gasteiger partial charge in [0.05, 0.1) is 13.2 Å². The Balaban J connectivity index is 1.21. The Kier molecular flexibility index (Phi) is 6.61. The lowest BCUT2D eigenvalue weighted by molar-refractivity contribution is 0.141. The van der Waals surface area contributed by atoms with E-state index in [1.165, 1.54) is 5.69 Å². The Hall–Kier alpha value is -2.49. The molecule has 2 aliphatic heterocycles. The van der Waals surface area contributed by atoms with E-state index < -0.39 is 0 Å². The summed E-state index contributed by atoms with van der Waals surface area (Å²) in [5, 5.41) is 3.37. The highest BCUT2D eigenvalue weighted by Gasteiger charge is 2.19. The zero-order valence-corrected chi connectivity index (χ0v) is 17.6. The largest absolute Gasteiger partial charge is 0.488 e. The molecule has 0 radical (unpaired) electrons. The first-order chi connectivity index (χ1) is 14.6. The molecule has 2 aliphatic rings. The maximum absolute atomic E-state index is 5.95. The Labute approximate surface area is 181 Å². The summed E-state index contributed by atoms with van der Waals surface area (Å²) in [6.07, 6.45) is 1.14. The van der Waals surface area contributed by atoms with Crippen molar-refractivity contribution in [3.05, 3.63) is 29.4 Å². The van der Waals surface area contributed by atoms with E-state index in [2.05, 4.69) is 37.2 Å². The van der Waals surface area contributed by atoms with Gasteiger partial charge in [0.15, 0.2) is 11.0 Å². The minimum atomic E-state index is 0.110. The van der Waals surface area contributed by atoms with E-state index in [4.69, 9.17) is 32.5 Å². The zero-order valence-electron chi connectivity index (χ0n) is 16.9. The van der Waals surface area contributed by atoms with Gasteiger partial charge in [0.25, 0.3) is 0 Å². The normalized spacial score (nSPS) is 19.8. The molecule has 30 heavy (non-hydrogen) atoms. The Morgan fingerprint density at radius 2 is 1.90 bits per heavy atom. The molecule has 1 aromatic carbocycles. The van der Waals surface area contributed by atoms with Gasteiger partial charge in [-0.3, -0.25) is 4.90 Å². The van der Waals surface area contributed by atoms with Crippen LogP contribution in [0.3, 0.4) is 0 Å². The summed E-state index contributed by atoms with van der Waals surface area (Å²) in [6, 6.07) is 8.36. The number of hydrogen-bond donors (Lipinski definition) is 3. The van der Waals surface area contributed by atoms with Crippen LogP contribution in [-0.2, 0) is 4.74 Å². The molecule has 0 bridgehead atoms. The van der Waals surface area contributed by atoms with Gasteiger partial charge in [-0.05, 0) is 24.3 Å². The van der Waals surface area contributed by atoms with Crippen molar-refractivity contribution in [1.82, 2.24) is 14.9 Å². The molecule has 162 valence electrons. The minimum Gasteiger partial charge on any atom is -0.488 e. The molecule has 0 aliphatic carbocycles. The van der Waals surface area contributed by atoms with Gasteiger partial charge in [-0.25, -0.2) is 0 Å². The van der Waals surface area contributed by atoms with Crippen molar-refractivity contribution in [3.63, 3.8) is 0 Å². The number of aromatic nitrogens is 2. The summed E-state index contributed by atoms with van der Waals surface area (Å²) >= 11 is 5.95. The molecule has 4 rings (SSSR count). The number of nitrogens with two attached hydrogens (primary N) is 2. The number of hydrogen-bond acceptors (Lipinski definition) is 9. The molecule has 0 saturated carbocycles. The smallest absolute Gasteiger partial charge is 0.223 e. The fourth-order valence-corrected chi connectivity index (χ4v) is 3.87. The number of ether oxygens (including phenoxy) is 2. The van der Waals surface area contributed by atoms with Crippen LogP contribution >= 0.6 is 11.6 Å². The van der Waals surface area contributed by atoms with Gasteiger partial charge in [0, 0.05) is 51.4 Å². The fourth-order valence-electron chi connectivity index (χ4n) is 3.69. The molecule has 0 spiro atoms. The maximum atomic E-state index is 5.95. The summed E-state index contributed by atoms with van der Waals surface area (Å²) in [4.78, 5) is 12.8. The van der Waals surface area contributed by atoms with Crippen LogP contribution in [-0.4, -0.2) is 73.5 Å². The van der Waals surface area contributed by atoms with Crippen LogP contribution in [0.15, 0.2) is 24.3 Å². The third-order valence-corrected chi connectivity index (χ3v) is 5.69. The van der Waals surface area contributed by atoms with Crippen LogP contribution in [0.4, 0.5) is 23.1 Å². The van der Waals surface area contributed by atoms with Crippen LogP contribution in [0.1, 0.15) is 6.42 Å². The van der Waals surface area contributed by atoms with Crippen LogP contribution < -0.4 is 26.4 Å². The molecular formula is C20H28ClN7O2. The molecule has 1 atom stereocenters. The lowest BCUT2D eigenvalue weighted by Gasteiger charge is -2.36. The van der Waals surface area contributed by atoms with Crippen molar-refractivity contribution >= 4 is 34.7 Å². The molecule has 9 nitrogen and oxygen atoms in total. The first kappa shape index (κ1) is 20.8. The summed E-state index contributed by atoms with van der Waals surface area (Å²) in [5.41, 5.74) is 13.1. The molecule has 10 heteroatoms. The molecule has 0 unspecified atom stereocenters. The van der Waals surface area contributed by atoms with Gasteiger partial charge in [0.2, 0.25) is 5.95 Å². The summed E-state index contributed by atoms with van der Waals surface area (Å²) in [5.74, 6) is 1.50. The van der Waals surface area contributed by atoms with Crippen molar-refractivity contribution in [2.75, 3.05) is 74.2 Å². The average molecular weight is 434 g/mol. The quantitative estimate of drug-likeness (QED) is 0.561. The van der Waals surface area contributed by atoms with Gasteiger partial charge in [-0.2, -0.15) is 9.97 Å². The van der Waals surface area contributed by atoms with Crippen molar-refractivity contribution in [2.24, 2.45) is 0 Å². The Morgan fingerprint density at radius 1 is 1.13 bits per heavy atom. The minimum absolute atomic E-state index is 0.110. The predicted molar refractivity (Wildman–Crippen MR) is 119 cm³/mol. The topological polar surface area (TPSA) is 115 Å². The van der Waals surface area contributed by atoms with Crippen molar-refractivity contribution in [3.8, 4) is 5.75 Å². The second-order valence-electron chi connectivity index (χ2n) is 7.49. The number of rotatable bonds is 7. The molecular weight excluding hydrogens is 406 g/mol. The van der Waals surface area contributed by atoms with Gasteiger partial charge < -0.3 is 31.2 Å². The van der Waals surface area contributed by atoms with E-state index >= 15 is 0 Å². The van der Waals surface area contributed by atoms with E-state index in [-0.39, 0.29) is 17.2 Å². The van der Waals surface area contributed by atoms with Gasteiger partial charge in [-0.15, -0.1) is 0 Å². The van der Waals surface area contributed by atoms with Gasteiger partial charge in [-0.1, -0.05) is 11.6 Å². The number of nitrogens with one attached hydrogen (secondary N) is 1. The lowest BCUT2D eigenvalue weighted by Crippen LogP contribution is -2.47. The van der Waals surface area contributed by atoms with E-state index in [9.17, 15) is 0 Å². The van der Waals surface area contributed by atoms with E-state index in [1.807, 2.05) is 12.1 Å². The highest BCUT2D eigenvalue weighted by Crippen LogP contribution is 2.25. The number of piperazine rings is 1. The Morgan fingerprint density at radius 3 is 2.60 bits per heavy atom. The van der Waals surface area contributed by atoms with Crippen LogP contribution in [0, 0.1) is 0 Å². The molecule has 5 N–H and O–H groups in total. The number of halogens is 1. The fraction of sp³-hybridized carbons (Fsp3) is 0.500. The average Bonchev–Trinajstić information content (AvgIpc) is 3.26. The van der Waals surface area contributed by atoms with Crippen LogP contribution in [0.2, 0.25) is 5.15 Å². The third kappa shape index (κ3) is 5.16. The molecule has 0 amide bonds. The molecule has 3 heterocycles. The number of nitrogen functional groups attached to an aromatic ring is 2. The first-order valence-electron chi connectivity index (χ1n) is 10.2. The van der Waals surface area contributed by atoms with Crippen molar-refractivity contribution < 1.29 is 9.47 Å². The standard InChI is InChI=1S/C20H28ClN7O2/c21-18-17(22)19(26-20(23)25-18)24-6-7-27-8-10-28(11-9-27)14-1-3-15(4-2-14)30-16-5-12-29-13-16/h1-4,16H,5-13,22H2,(H3,23,24,25,26)/t16-/m1/s1.